The standard InChI is InChI=1S/C19H20ClF3N4O4S/c20-12-1-3-13(4-2-12)32(29,30)27(14(15(24)28)5-6-19(21,22)23)10-17-7-18(8-17,9-17)16-25-11-31-26-16/h1-4,11,14H,5-10H2,(H2,24,28)/t14-,17?,18?/m1/s1. The van der Waals surface area contributed by atoms with E-state index in [9.17, 15) is 26.4 Å². The Morgan fingerprint density at radius 1 is 1.25 bits per heavy atom. The summed E-state index contributed by atoms with van der Waals surface area (Å²) in [6.45, 7) is -0.136. The molecule has 1 aromatic carbocycles. The van der Waals surface area contributed by atoms with Crippen molar-refractivity contribution in [2.24, 2.45) is 11.1 Å². The number of halogens is 4. The van der Waals surface area contributed by atoms with Crippen molar-refractivity contribution in [2.75, 3.05) is 6.54 Å². The Morgan fingerprint density at radius 2 is 1.88 bits per heavy atom. The zero-order valence-corrected chi connectivity index (χ0v) is 18.3. The molecule has 1 heterocycles. The number of hydrogen-bond acceptors (Lipinski definition) is 6. The molecule has 0 saturated heterocycles. The van der Waals surface area contributed by atoms with Gasteiger partial charge in [0.1, 0.15) is 6.04 Å². The quantitative estimate of drug-likeness (QED) is 0.574. The van der Waals surface area contributed by atoms with Crippen molar-refractivity contribution in [2.45, 2.75) is 54.6 Å². The number of aromatic nitrogens is 2. The van der Waals surface area contributed by atoms with E-state index >= 15 is 0 Å². The highest BCUT2D eigenvalue weighted by molar-refractivity contribution is 7.89. The van der Waals surface area contributed by atoms with Crippen LogP contribution in [-0.4, -0.2) is 47.5 Å². The first-order valence-corrected chi connectivity index (χ1v) is 11.6. The van der Waals surface area contributed by atoms with Gasteiger partial charge in [0.25, 0.3) is 0 Å². The number of benzene rings is 1. The van der Waals surface area contributed by atoms with E-state index in [1.165, 1.54) is 30.7 Å². The molecule has 1 atom stereocenters. The number of hydrogen-bond donors (Lipinski definition) is 1. The van der Waals surface area contributed by atoms with Crippen molar-refractivity contribution in [3.63, 3.8) is 0 Å². The molecule has 2 N–H and O–H groups in total. The fourth-order valence-electron chi connectivity index (χ4n) is 4.97. The van der Waals surface area contributed by atoms with Gasteiger partial charge in [0.2, 0.25) is 22.3 Å². The van der Waals surface area contributed by atoms with Gasteiger partial charge < -0.3 is 10.3 Å². The van der Waals surface area contributed by atoms with E-state index in [1.54, 1.807) is 0 Å². The number of carbonyl (C=O) groups is 1. The smallest absolute Gasteiger partial charge is 0.368 e. The molecular formula is C19H20ClF3N4O4S. The summed E-state index contributed by atoms with van der Waals surface area (Å²) in [5.41, 5.74) is 4.58. The summed E-state index contributed by atoms with van der Waals surface area (Å²) in [5, 5.41) is 4.15. The van der Waals surface area contributed by atoms with E-state index in [0.717, 1.165) is 4.31 Å². The molecule has 0 unspecified atom stereocenters. The van der Waals surface area contributed by atoms with Crippen LogP contribution in [-0.2, 0) is 20.2 Å². The fraction of sp³-hybridized carbons (Fsp3) is 0.526. The van der Waals surface area contributed by atoms with Crippen LogP contribution in [0.5, 0.6) is 0 Å². The van der Waals surface area contributed by atoms with Crippen molar-refractivity contribution >= 4 is 27.5 Å². The van der Waals surface area contributed by atoms with Crippen LogP contribution < -0.4 is 5.73 Å². The van der Waals surface area contributed by atoms with E-state index in [1.807, 2.05) is 0 Å². The molecule has 1 amide bonds. The molecule has 3 saturated carbocycles. The Bertz CT molecular complexity index is 1090. The van der Waals surface area contributed by atoms with E-state index in [0.29, 0.717) is 30.1 Å². The first-order chi connectivity index (χ1) is 14.9. The van der Waals surface area contributed by atoms with Crippen LogP contribution in [0, 0.1) is 5.41 Å². The van der Waals surface area contributed by atoms with Crippen LogP contribution >= 0.6 is 11.6 Å². The van der Waals surface area contributed by atoms with Crippen LogP contribution in [0.1, 0.15) is 37.9 Å². The SMILES string of the molecule is NC(=O)[C@@H](CCC(F)(F)F)N(CC12CC(c3ncon3)(C1)C2)S(=O)(=O)c1ccc(Cl)cc1. The Balaban J connectivity index is 1.62. The third-order valence-corrected chi connectivity index (χ3v) is 8.39. The van der Waals surface area contributed by atoms with Gasteiger partial charge in [-0.15, -0.1) is 0 Å². The summed E-state index contributed by atoms with van der Waals surface area (Å²) in [4.78, 5) is 16.0. The number of primary amides is 1. The van der Waals surface area contributed by atoms with E-state index in [2.05, 4.69) is 10.1 Å². The number of alkyl halides is 3. The third-order valence-electron chi connectivity index (χ3n) is 6.26. The van der Waals surface area contributed by atoms with Gasteiger partial charge in [0, 0.05) is 23.4 Å². The molecule has 8 nitrogen and oxygen atoms in total. The molecule has 0 radical (unpaired) electrons. The van der Waals surface area contributed by atoms with Crippen molar-refractivity contribution in [1.29, 1.82) is 0 Å². The van der Waals surface area contributed by atoms with Crippen LogP contribution in [0.3, 0.4) is 0 Å². The number of amides is 1. The summed E-state index contributed by atoms with van der Waals surface area (Å²) in [6, 6.07) is 3.55. The second-order valence-corrected chi connectivity index (χ2v) is 11.0. The Hall–Kier alpha value is -2.18. The van der Waals surface area contributed by atoms with Crippen LogP contribution in [0.2, 0.25) is 5.02 Å². The van der Waals surface area contributed by atoms with Gasteiger partial charge in [0.15, 0.2) is 5.82 Å². The average Bonchev–Trinajstić information content (AvgIpc) is 3.15. The van der Waals surface area contributed by atoms with Crippen molar-refractivity contribution < 1.29 is 30.9 Å². The first kappa shape index (κ1) is 23.0. The summed E-state index contributed by atoms with van der Waals surface area (Å²) in [7, 11) is -4.33. The summed E-state index contributed by atoms with van der Waals surface area (Å²) in [5.74, 6) is -0.610. The fourth-order valence-corrected chi connectivity index (χ4v) is 6.84. The van der Waals surface area contributed by atoms with Crippen LogP contribution in [0.25, 0.3) is 0 Å². The lowest BCUT2D eigenvalue weighted by Gasteiger charge is -2.70. The summed E-state index contributed by atoms with van der Waals surface area (Å²) in [6.07, 6.45) is -3.85. The highest BCUT2D eigenvalue weighted by Gasteiger charge is 2.71. The summed E-state index contributed by atoms with van der Waals surface area (Å²) < 4.78 is 71.1. The van der Waals surface area contributed by atoms with Gasteiger partial charge in [-0.2, -0.15) is 22.5 Å². The van der Waals surface area contributed by atoms with Crippen molar-refractivity contribution in [1.82, 2.24) is 14.4 Å². The Kier molecular flexibility index (Phi) is 5.53. The van der Waals surface area contributed by atoms with Gasteiger partial charge >= 0.3 is 6.18 Å². The largest absolute Gasteiger partial charge is 0.389 e. The molecule has 1 aromatic heterocycles. The number of nitrogens with zero attached hydrogens (tertiary/aromatic N) is 3. The Labute approximate surface area is 186 Å². The van der Waals surface area contributed by atoms with E-state index in [4.69, 9.17) is 21.9 Å². The zero-order valence-electron chi connectivity index (χ0n) is 16.7. The maximum absolute atomic E-state index is 13.4. The molecule has 3 fully saturated rings. The minimum Gasteiger partial charge on any atom is -0.368 e. The van der Waals surface area contributed by atoms with Gasteiger partial charge in [-0.25, -0.2) is 8.42 Å². The molecule has 13 heteroatoms. The second kappa shape index (κ2) is 7.70. The van der Waals surface area contributed by atoms with Gasteiger partial charge in [0.05, 0.1) is 4.90 Å². The molecule has 3 aliphatic carbocycles. The van der Waals surface area contributed by atoms with E-state index < -0.39 is 46.4 Å². The molecule has 2 bridgehead atoms. The molecule has 32 heavy (non-hydrogen) atoms. The van der Waals surface area contributed by atoms with E-state index in [-0.39, 0.29) is 16.9 Å². The topological polar surface area (TPSA) is 119 Å². The maximum Gasteiger partial charge on any atom is 0.389 e. The van der Waals surface area contributed by atoms with Gasteiger partial charge in [-0.1, -0.05) is 16.8 Å². The van der Waals surface area contributed by atoms with Crippen LogP contribution in [0.4, 0.5) is 13.2 Å². The minimum absolute atomic E-state index is 0.136. The van der Waals surface area contributed by atoms with Crippen LogP contribution in [0.15, 0.2) is 40.1 Å². The minimum atomic E-state index is -4.57. The molecule has 3 aliphatic rings. The molecule has 174 valence electrons. The second-order valence-electron chi connectivity index (χ2n) is 8.64. The highest BCUT2D eigenvalue weighted by atomic mass is 35.5. The molecular weight excluding hydrogens is 473 g/mol. The predicted molar refractivity (Wildman–Crippen MR) is 106 cm³/mol. The zero-order chi connectivity index (χ0) is 23.4. The summed E-state index contributed by atoms with van der Waals surface area (Å²) >= 11 is 5.84. The number of carbonyl (C=O) groups excluding carboxylic acids is 1. The maximum atomic E-state index is 13.4. The van der Waals surface area contributed by atoms with Crippen molar-refractivity contribution in [3.8, 4) is 0 Å². The number of sulfonamides is 1. The molecule has 2 aromatic rings. The molecule has 0 aliphatic heterocycles. The molecule has 5 rings (SSSR count). The molecule has 0 spiro atoms. The lowest BCUT2D eigenvalue weighted by molar-refractivity contribution is -0.160. The average molecular weight is 493 g/mol. The van der Waals surface area contributed by atoms with Gasteiger partial charge in [-0.05, 0) is 55.4 Å². The van der Waals surface area contributed by atoms with Crippen molar-refractivity contribution in [3.05, 3.63) is 41.5 Å². The van der Waals surface area contributed by atoms with Gasteiger partial charge in [-0.3, -0.25) is 4.79 Å². The third kappa shape index (κ3) is 4.11. The number of nitrogens with two attached hydrogens (primary N) is 1. The lowest BCUT2D eigenvalue weighted by Crippen LogP contribution is -2.69. The first-order valence-electron chi connectivity index (χ1n) is 9.76. The lowest BCUT2D eigenvalue weighted by atomic mass is 9.35. The predicted octanol–water partition coefficient (Wildman–Crippen LogP) is 3.03. The Morgan fingerprint density at radius 3 is 2.38 bits per heavy atom. The number of rotatable bonds is 9. The normalized spacial score (nSPS) is 25.8. The highest BCUT2D eigenvalue weighted by Crippen LogP contribution is 2.73. The monoisotopic (exact) mass is 492 g/mol.